The molecule has 98 valence electrons. The van der Waals surface area contributed by atoms with Crippen LogP contribution in [0.4, 0.5) is 11.5 Å². The minimum atomic E-state index is -1.06. The van der Waals surface area contributed by atoms with Crippen LogP contribution in [0.25, 0.3) is 0 Å². The molecule has 1 aromatic rings. The summed E-state index contributed by atoms with van der Waals surface area (Å²) in [5.74, 6) is -0.461. The monoisotopic (exact) mass is 251 g/mol. The number of aromatic nitrogens is 1. The molecule has 6 heteroatoms. The molecule has 0 unspecified atom stereocenters. The van der Waals surface area contributed by atoms with Crippen LogP contribution in [-0.4, -0.2) is 39.9 Å². The van der Waals surface area contributed by atoms with Crippen molar-refractivity contribution >= 4 is 17.5 Å². The number of anilines is 2. The minimum absolute atomic E-state index is 0.0670. The maximum Gasteiger partial charge on any atom is 0.337 e. The lowest BCUT2D eigenvalue weighted by molar-refractivity contribution is 0.0350. The molecule has 2 rings (SSSR count). The van der Waals surface area contributed by atoms with Crippen molar-refractivity contribution in [1.82, 2.24) is 4.98 Å². The Balaban J connectivity index is 2.20. The first-order valence-corrected chi connectivity index (χ1v) is 5.85. The lowest BCUT2D eigenvalue weighted by atomic mass is 9.94. The largest absolute Gasteiger partial charge is 0.478 e. The Morgan fingerprint density at radius 1 is 1.50 bits per heavy atom. The van der Waals surface area contributed by atoms with Crippen LogP contribution in [-0.2, 0) is 0 Å². The summed E-state index contributed by atoms with van der Waals surface area (Å²) < 4.78 is 0. The average Bonchev–Trinajstić information content (AvgIpc) is 2.30. The van der Waals surface area contributed by atoms with Crippen molar-refractivity contribution in [2.45, 2.75) is 25.4 Å². The molecule has 0 saturated carbocycles. The van der Waals surface area contributed by atoms with E-state index in [1.165, 1.54) is 12.3 Å². The highest BCUT2D eigenvalue weighted by Crippen LogP contribution is 2.26. The molecule has 1 aliphatic heterocycles. The summed E-state index contributed by atoms with van der Waals surface area (Å²) in [5, 5.41) is 18.9. The number of carboxylic acids is 1. The second kappa shape index (κ2) is 4.45. The number of hydrogen-bond donors (Lipinski definition) is 3. The van der Waals surface area contributed by atoms with Gasteiger partial charge in [-0.15, -0.1) is 0 Å². The lowest BCUT2D eigenvalue weighted by Crippen LogP contribution is -2.42. The predicted octanol–water partition coefficient (Wildman–Crippen LogP) is 0.713. The van der Waals surface area contributed by atoms with Gasteiger partial charge in [0, 0.05) is 13.1 Å². The molecule has 0 aliphatic carbocycles. The minimum Gasteiger partial charge on any atom is -0.478 e. The standard InChI is InChI=1S/C12H17N3O3/c1-12(18)2-4-15(5-3-12)10-6-8(11(16)17)9(13)7-14-10/h6-7,18H,2-5,13H2,1H3,(H,16,17). The molecule has 1 fully saturated rings. The number of aliphatic hydroxyl groups is 1. The number of piperidine rings is 1. The number of pyridine rings is 1. The van der Waals surface area contributed by atoms with Gasteiger partial charge >= 0.3 is 5.97 Å². The van der Waals surface area contributed by atoms with Gasteiger partial charge in [0.1, 0.15) is 5.82 Å². The van der Waals surface area contributed by atoms with Crippen LogP contribution < -0.4 is 10.6 Å². The van der Waals surface area contributed by atoms with E-state index in [1.54, 1.807) is 0 Å². The highest BCUT2D eigenvalue weighted by molar-refractivity contribution is 5.94. The normalized spacial score (nSPS) is 18.7. The third-order valence-electron chi connectivity index (χ3n) is 3.32. The molecular weight excluding hydrogens is 234 g/mol. The first-order valence-electron chi connectivity index (χ1n) is 5.85. The zero-order chi connectivity index (χ0) is 13.3. The Kier molecular flexibility index (Phi) is 3.13. The summed E-state index contributed by atoms with van der Waals surface area (Å²) in [6.07, 6.45) is 2.65. The smallest absolute Gasteiger partial charge is 0.337 e. The Morgan fingerprint density at radius 3 is 2.67 bits per heavy atom. The molecule has 4 N–H and O–H groups in total. The lowest BCUT2D eigenvalue weighted by Gasteiger charge is -2.36. The van der Waals surface area contributed by atoms with Gasteiger partial charge in [0.15, 0.2) is 0 Å². The van der Waals surface area contributed by atoms with Gasteiger partial charge in [-0.1, -0.05) is 0 Å². The van der Waals surface area contributed by atoms with Gasteiger partial charge in [0.2, 0.25) is 0 Å². The second-order valence-electron chi connectivity index (χ2n) is 4.92. The Hall–Kier alpha value is -1.82. The van der Waals surface area contributed by atoms with Crippen molar-refractivity contribution in [3.63, 3.8) is 0 Å². The molecule has 18 heavy (non-hydrogen) atoms. The van der Waals surface area contributed by atoms with Crippen LogP contribution in [0.1, 0.15) is 30.1 Å². The van der Waals surface area contributed by atoms with Crippen LogP contribution in [0.3, 0.4) is 0 Å². The van der Waals surface area contributed by atoms with Crippen molar-refractivity contribution in [1.29, 1.82) is 0 Å². The molecule has 0 amide bonds. The number of nitrogen functional groups attached to an aromatic ring is 1. The molecule has 0 bridgehead atoms. The van der Waals surface area contributed by atoms with Gasteiger partial charge in [-0.25, -0.2) is 9.78 Å². The van der Waals surface area contributed by atoms with Crippen LogP contribution in [0.5, 0.6) is 0 Å². The predicted molar refractivity (Wildman–Crippen MR) is 67.7 cm³/mol. The van der Waals surface area contributed by atoms with Crippen LogP contribution in [0, 0.1) is 0 Å². The van der Waals surface area contributed by atoms with Crippen molar-refractivity contribution < 1.29 is 15.0 Å². The highest BCUT2D eigenvalue weighted by atomic mass is 16.4. The van der Waals surface area contributed by atoms with Crippen LogP contribution >= 0.6 is 0 Å². The molecule has 2 heterocycles. The van der Waals surface area contributed by atoms with E-state index in [0.29, 0.717) is 31.7 Å². The third kappa shape index (κ3) is 2.53. The second-order valence-corrected chi connectivity index (χ2v) is 4.92. The van der Waals surface area contributed by atoms with E-state index in [1.807, 2.05) is 11.8 Å². The number of aromatic carboxylic acids is 1. The van der Waals surface area contributed by atoms with Crippen LogP contribution in [0.15, 0.2) is 12.3 Å². The number of carboxylic acid groups (broad SMARTS) is 1. The van der Waals surface area contributed by atoms with Gasteiger partial charge in [-0.2, -0.15) is 0 Å². The number of nitrogens with two attached hydrogens (primary N) is 1. The van der Waals surface area contributed by atoms with E-state index in [2.05, 4.69) is 4.98 Å². The maximum absolute atomic E-state index is 11.0. The number of carbonyl (C=O) groups is 1. The van der Waals surface area contributed by atoms with Gasteiger partial charge in [-0.3, -0.25) is 0 Å². The van der Waals surface area contributed by atoms with E-state index in [4.69, 9.17) is 10.8 Å². The molecule has 0 aromatic carbocycles. The summed E-state index contributed by atoms with van der Waals surface area (Å²) in [6, 6.07) is 1.48. The number of hydrogen-bond acceptors (Lipinski definition) is 5. The first kappa shape index (κ1) is 12.6. The fourth-order valence-electron chi connectivity index (χ4n) is 2.03. The number of nitrogens with zero attached hydrogens (tertiary/aromatic N) is 2. The van der Waals surface area contributed by atoms with Crippen molar-refractivity contribution in [3.05, 3.63) is 17.8 Å². The Morgan fingerprint density at radius 2 is 2.11 bits per heavy atom. The van der Waals surface area contributed by atoms with E-state index in [0.717, 1.165) is 0 Å². The molecular formula is C12H17N3O3. The molecule has 6 nitrogen and oxygen atoms in total. The van der Waals surface area contributed by atoms with E-state index < -0.39 is 11.6 Å². The maximum atomic E-state index is 11.0. The highest BCUT2D eigenvalue weighted by Gasteiger charge is 2.28. The van der Waals surface area contributed by atoms with Gasteiger partial charge in [0.25, 0.3) is 0 Å². The topological polar surface area (TPSA) is 99.7 Å². The van der Waals surface area contributed by atoms with Crippen molar-refractivity contribution in [2.24, 2.45) is 0 Å². The first-order chi connectivity index (χ1) is 8.39. The summed E-state index contributed by atoms with van der Waals surface area (Å²) in [4.78, 5) is 17.1. The van der Waals surface area contributed by atoms with E-state index >= 15 is 0 Å². The van der Waals surface area contributed by atoms with Gasteiger partial charge in [-0.05, 0) is 25.8 Å². The van der Waals surface area contributed by atoms with Crippen LogP contribution in [0.2, 0.25) is 0 Å². The molecule has 0 spiro atoms. The van der Waals surface area contributed by atoms with Crippen molar-refractivity contribution in [2.75, 3.05) is 23.7 Å². The summed E-state index contributed by atoms with van der Waals surface area (Å²) >= 11 is 0. The summed E-state index contributed by atoms with van der Waals surface area (Å²) in [6.45, 7) is 3.12. The quantitative estimate of drug-likeness (QED) is 0.716. The molecule has 1 aliphatic rings. The molecule has 1 aromatic heterocycles. The fraction of sp³-hybridized carbons (Fsp3) is 0.500. The van der Waals surface area contributed by atoms with E-state index in [9.17, 15) is 9.90 Å². The average molecular weight is 251 g/mol. The zero-order valence-electron chi connectivity index (χ0n) is 10.3. The fourth-order valence-corrected chi connectivity index (χ4v) is 2.03. The van der Waals surface area contributed by atoms with E-state index in [-0.39, 0.29) is 11.3 Å². The zero-order valence-corrected chi connectivity index (χ0v) is 10.3. The van der Waals surface area contributed by atoms with Crippen molar-refractivity contribution in [3.8, 4) is 0 Å². The summed E-state index contributed by atoms with van der Waals surface area (Å²) in [7, 11) is 0. The van der Waals surface area contributed by atoms with Gasteiger partial charge in [0.05, 0.1) is 23.0 Å². The SMILES string of the molecule is CC1(O)CCN(c2cc(C(=O)O)c(N)cn2)CC1. The molecule has 1 saturated heterocycles. The third-order valence-corrected chi connectivity index (χ3v) is 3.32. The Bertz CT molecular complexity index is 464. The molecule has 0 radical (unpaired) electrons. The molecule has 0 atom stereocenters. The summed E-state index contributed by atoms with van der Waals surface area (Å²) in [5.41, 5.74) is 5.15. The Labute approximate surface area is 105 Å². The number of rotatable bonds is 2. The van der Waals surface area contributed by atoms with Gasteiger partial charge < -0.3 is 20.8 Å².